The van der Waals surface area contributed by atoms with Crippen LogP contribution in [0.5, 0.6) is 0 Å². The summed E-state index contributed by atoms with van der Waals surface area (Å²) in [6.07, 6.45) is 1.54. The fourth-order valence-corrected chi connectivity index (χ4v) is 2.90. The van der Waals surface area contributed by atoms with Crippen molar-refractivity contribution in [3.05, 3.63) is 71.1 Å². The van der Waals surface area contributed by atoms with Crippen molar-refractivity contribution in [2.24, 2.45) is 15.9 Å². The van der Waals surface area contributed by atoms with Gasteiger partial charge in [0.05, 0.1) is 17.5 Å². The fraction of sp³-hybridized carbons (Fsp3) is 0.111. The van der Waals surface area contributed by atoms with Gasteiger partial charge in [-0.3, -0.25) is 0 Å². The van der Waals surface area contributed by atoms with Gasteiger partial charge in [0.15, 0.2) is 5.84 Å². The average molecular weight is 339 g/mol. The van der Waals surface area contributed by atoms with Crippen LogP contribution in [0, 0.1) is 18.6 Å². The number of halogens is 2. The monoisotopic (exact) mass is 339 g/mol. The highest BCUT2D eigenvalue weighted by atomic mass is 19.1. The number of hydrogen-bond donors (Lipinski definition) is 1. The molecule has 0 saturated heterocycles. The number of hydrogen-bond acceptors (Lipinski definition) is 5. The second-order valence-corrected chi connectivity index (χ2v) is 5.90. The van der Waals surface area contributed by atoms with Crippen LogP contribution in [-0.2, 0) is 0 Å². The Bertz CT molecular complexity index is 931. The van der Waals surface area contributed by atoms with Crippen molar-refractivity contribution < 1.29 is 8.78 Å². The third kappa shape index (κ3) is 2.53. The Morgan fingerprint density at radius 1 is 1.04 bits per heavy atom. The summed E-state index contributed by atoms with van der Waals surface area (Å²) < 4.78 is 27.6. The van der Waals surface area contributed by atoms with Gasteiger partial charge in [0.1, 0.15) is 24.1 Å². The molecule has 0 amide bonds. The highest BCUT2D eigenvalue weighted by Gasteiger charge is 2.33. The van der Waals surface area contributed by atoms with Gasteiger partial charge in [-0.05, 0) is 31.2 Å². The Labute approximate surface area is 143 Å². The molecule has 2 aromatic rings. The van der Waals surface area contributed by atoms with Gasteiger partial charge < -0.3 is 15.5 Å². The van der Waals surface area contributed by atoms with Crippen molar-refractivity contribution in [3.8, 4) is 0 Å². The lowest BCUT2D eigenvalue weighted by atomic mass is 10.1. The van der Waals surface area contributed by atoms with Crippen molar-refractivity contribution in [2.45, 2.75) is 6.92 Å². The van der Waals surface area contributed by atoms with Crippen molar-refractivity contribution in [3.63, 3.8) is 0 Å². The topological polar surface area (TPSA) is 57.2 Å². The summed E-state index contributed by atoms with van der Waals surface area (Å²) in [6, 6.07) is 11.3. The molecule has 4 rings (SSSR count). The number of fused-ring (bicyclic) bond motifs is 1. The molecule has 0 fully saturated rings. The molecule has 0 bridgehead atoms. The van der Waals surface area contributed by atoms with Crippen LogP contribution in [0.2, 0.25) is 0 Å². The normalized spacial score (nSPS) is 16.4. The second-order valence-electron chi connectivity index (χ2n) is 5.90. The van der Waals surface area contributed by atoms with Gasteiger partial charge in [-0.15, -0.1) is 5.10 Å². The molecular formula is C18H15F2N5. The predicted molar refractivity (Wildman–Crippen MR) is 94.5 cm³/mol. The van der Waals surface area contributed by atoms with Crippen molar-refractivity contribution in [1.82, 2.24) is 0 Å². The number of aryl methyl sites for hydroxylation is 1. The lowest BCUT2D eigenvalue weighted by Gasteiger charge is -2.38. The Hall–Kier alpha value is -3.22. The molecule has 126 valence electrons. The van der Waals surface area contributed by atoms with Crippen LogP contribution in [0.4, 0.5) is 20.2 Å². The van der Waals surface area contributed by atoms with Crippen LogP contribution in [0.1, 0.15) is 5.56 Å². The Morgan fingerprint density at radius 3 is 2.52 bits per heavy atom. The van der Waals surface area contributed by atoms with Gasteiger partial charge in [-0.2, -0.15) is 5.10 Å². The van der Waals surface area contributed by atoms with Crippen LogP contribution in [0.15, 0.2) is 64.1 Å². The third-order valence-corrected chi connectivity index (χ3v) is 4.23. The molecule has 0 aromatic heterocycles. The van der Waals surface area contributed by atoms with Crippen LogP contribution in [-0.4, -0.2) is 18.7 Å². The van der Waals surface area contributed by atoms with E-state index in [4.69, 9.17) is 5.73 Å². The minimum Gasteiger partial charge on any atom is -0.384 e. The molecule has 0 radical (unpaired) electrons. The first-order valence-corrected chi connectivity index (χ1v) is 7.72. The summed E-state index contributed by atoms with van der Waals surface area (Å²) >= 11 is 0. The molecule has 0 atom stereocenters. The number of benzene rings is 2. The zero-order valence-electron chi connectivity index (χ0n) is 13.4. The lowest BCUT2D eigenvalue weighted by Crippen LogP contribution is -2.49. The largest absolute Gasteiger partial charge is 0.384 e. The molecule has 0 unspecified atom stereocenters. The smallest absolute Gasteiger partial charge is 0.169 e. The SMILES string of the molecule is Cc1ccc(N2CN(c3ccc(F)cc3F)C3=NN=CC3=C2N)cc1. The summed E-state index contributed by atoms with van der Waals surface area (Å²) in [6.45, 7) is 2.24. The van der Waals surface area contributed by atoms with Crippen LogP contribution in [0.3, 0.4) is 0 Å². The maximum Gasteiger partial charge on any atom is 0.169 e. The zero-order valence-corrected chi connectivity index (χ0v) is 13.4. The molecule has 25 heavy (non-hydrogen) atoms. The standard InChI is InChI=1S/C18H15F2N5/c1-11-2-5-13(6-3-11)24-10-25(16-7-4-12(19)8-15(16)20)18-14(17(24)21)9-22-23-18/h2-9H,10,21H2,1H3. The van der Waals surface area contributed by atoms with E-state index in [0.29, 0.717) is 17.2 Å². The Balaban J connectivity index is 1.81. The zero-order chi connectivity index (χ0) is 17.6. The van der Waals surface area contributed by atoms with Gasteiger partial charge in [-0.25, -0.2) is 8.78 Å². The first kappa shape index (κ1) is 15.3. The molecule has 2 aromatic carbocycles. The first-order chi connectivity index (χ1) is 12.0. The minimum absolute atomic E-state index is 0.216. The van der Waals surface area contributed by atoms with E-state index in [0.717, 1.165) is 17.3 Å². The maximum atomic E-state index is 14.3. The quantitative estimate of drug-likeness (QED) is 0.914. The van der Waals surface area contributed by atoms with E-state index in [9.17, 15) is 8.78 Å². The van der Waals surface area contributed by atoms with Crippen molar-refractivity contribution >= 4 is 23.4 Å². The predicted octanol–water partition coefficient (Wildman–Crippen LogP) is 3.13. The van der Waals surface area contributed by atoms with E-state index < -0.39 is 11.6 Å². The fourth-order valence-electron chi connectivity index (χ4n) is 2.90. The third-order valence-electron chi connectivity index (χ3n) is 4.23. The van der Waals surface area contributed by atoms with Gasteiger partial charge in [0.2, 0.25) is 0 Å². The van der Waals surface area contributed by atoms with Gasteiger partial charge in [0, 0.05) is 11.8 Å². The van der Waals surface area contributed by atoms with E-state index in [1.165, 1.54) is 12.1 Å². The average Bonchev–Trinajstić information content (AvgIpc) is 3.07. The molecule has 0 spiro atoms. The number of anilines is 2. The Kier molecular flexibility index (Phi) is 3.49. The minimum atomic E-state index is -0.668. The molecule has 0 aliphatic carbocycles. The van der Waals surface area contributed by atoms with Crippen LogP contribution >= 0.6 is 0 Å². The summed E-state index contributed by atoms with van der Waals surface area (Å²) in [4.78, 5) is 3.47. The molecule has 5 nitrogen and oxygen atoms in total. The van der Waals surface area contributed by atoms with Gasteiger partial charge >= 0.3 is 0 Å². The molecular weight excluding hydrogens is 324 g/mol. The summed E-state index contributed by atoms with van der Waals surface area (Å²) in [7, 11) is 0. The highest BCUT2D eigenvalue weighted by Crippen LogP contribution is 2.31. The summed E-state index contributed by atoms with van der Waals surface area (Å²) in [5, 5.41) is 7.96. The number of nitrogens with zero attached hydrogens (tertiary/aromatic N) is 4. The highest BCUT2D eigenvalue weighted by molar-refractivity contribution is 6.25. The van der Waals surface area contributed by atoms with Gasteiger partial charge in [-0.1, -0.05) is 17.7 Å². The number of nitrogens with two attached hydrogens (primary N) is 1. The van der Waals surface area contributed by atoms with Crippen molar-refractivity contribution in [2.75, 3.05) is 16.5 Å². The van der Waals surface area contributed by atoms with E-state index in [1.54, 1.807) is 11.1 Å². The van der Waals surface area contributed by atoms with E-state index in [1.807, 2.05) is 36.1 Å². The maximum absolute atomic E-state index is 14.3. The molecule has 7 heteroatoms. The first-order valence-electron chi connectivity index (χ1n) is 7.72. The molecule has 2 N–H and O–H groups in total. The Morgan fingerprint density at radius 2 is 1.80 bits per heavy atom. The van der Waals surface area contributed by atoms with E-state index >= 15 is 0 Å². The second kappa shape index (κ2) is 5.70. The molecule has 0 saturated carbocycles. The lowest BCUT2D eigenvalue weighted by molar-refractivity contribution is 0.582. The van der Waals surface area contributed by atoms with Crippen LogP contribution in [0.25, 0.3) is 0 Å². The summed E-state index contributed by atoms with van der Waals surface area (Å²) in [5.41, 5.74) is 9.10. The number of amidine groups is 1. The van der Waals surface area contributed by atoms with Gasteiger partial charge in [0.25, 0.3) is 0 Å². The summed E-state index contributed by atoms with van der Waals surface area (Å²) in [5.74, 6) is -0.360. The van der Waals surface area contributed by atoms with Crippen LogP contribution < -0.4 is 15.5 Å². The molecule has 2 aliphatic heterocycles. The number of rotatable bonds is 2. The van der Waals surface area contributed by atoms with E-state index in [2.05, 4.69) is 10.2 Å². The van der Waals surface area contributed by atoms with E-state index in [-0.39, 0.29) is 12.4 Å². The van der Waals surface area contributed by atoms with Crippen molar-refractivity contribution in [1.29, 1.82) is 0 Å². The molecule has 2 aliphatic rings. The molecule has 2 heterocycles.